The molecule has 1 aromatic heterocycles. The fourth-order valence-corrected chi connectivity index (χ4v) is 2.32. The first-order valence-corrected chi connectivity index (χ1v) is 7.84. The lowest BCUT2D eigenvalue weighted by atomic mass is 10.1. The second kappa shape index (κ2) is 7.53. The zero-order valence-corrected chi connectivity index (χ0v) is 13.6. The van der Waals surface area contributed by atoms with Gasteiger partial charge in [-0.25, -0.2) is 14.4 Å². The third kappa shape index (κ3) is 4.17. The van der Waals surface area contributed by atoms with Gasteiger partial charge in [0.25, 0.3) is 5.91 Å². The summed E-state index contributed by atoms with van der Waals surface area (Å²) in [5.74, 6) is -0.665. The molecule has 25 heavy (non-hydrogen) atoms. The van der Waals surface area contributed by atoms with E-state index in [1.807, 2.05) is 37.3 Å². The van der Waals surface area contributed by atoms with Gasteiger partial charge in [-0.05, 0) is 30.7 Å². The number of nitrogens with one attached hydrogen (secondary N) is 2. The average molecular weight is 336 g/mol. The Morgan fingerprint density at radius 3 is 2.52 bits per heavy atom. The minimum atomic E-state index is -0.499. The van der Waals surface area contributed by atoms with Crippen molar-refractivity contribution in [3.8, 4) is 0 Å². The molecule has 1 unspecified atom stereocenters. The summed E-state index contributed by atoms with van der Waals surface area (Å²) >= 11 is 0. The predicted molar refractivity (Wildman–Crippen MR) is 94.9 cm³/mol. The first-order chi connectivity index (χ1) is 12.1. The summed E-state index contributed by atoms with van der Waals surface area (Å²) in [4.78, 5) is 20.6. The van der Waals surface area contributed by atoms with E-state index in [1.54, 1.807) is 12.1 Å². The Balaban J connectivity index is 1.73. The maximum Gasteiger partial charge on any atom is 0.274 e. The van der Waals surface area contributed by atoms with Gasteiger partial charge in [-0.3, -0.25) is 4.79 Å². The van der Waals surface area contributed by atoms with Crippen molar-refractivity contribution in [1.29, 1.82) is 0 Å². The van der Waals surface area contributed by atoms with Gasteiger partial charge in [0.05, 0.1) is 11.7 Å². The SMILES string of the molecule is CC(Nc1nccc(C(=O)Nc2ccccc2F)n1)c1ccccc1. The van der Waals surface area contributed by atoms with E-state index in [0.29, 0.717) is 5.95 Å². The molecule has 0 fully saturated rings. The van der Waals surface area contributed by atoms with Crippen LogP contribution in [0.1, 0.15) is 29.0 Å². The number of carbonyl (C=O) groups is 1. The number of nitrogens with zero attached hydrogens (tertiary/aromatic N) is 2. The van der Waals surface area contributed by atoms with Crippen molar-refractivity contribution < 1.29 is 9.18 Å². The number of amides is 1. The fourth-order valence-electron chi connectivity index (χ4n) is 2.32. The standard InChI is InChI=1S/C19H17FN4O/c1-13(14-7-3-2-4-8-14)22-19-21-12-11-17(24-19)18(25)23-16-10-6-5-9-15(16)20/h2-13H,1H3,(H,23,25)(H,21,22,24). The maximum atomic E-state index is 13.6. The molecular weight excluding hydrogens is 319 g/mol. The Kier molecular flexibility index (Phi) is 4.99. The zero-order valence-electron chi connectivity index (χ0n) is 13.6. The van der Waals surface area contributed by atoms with Crippen LogP contribution in [0.15, 0.2) is 66.9 Å². The quantitative estimate of drug-likeness (QED) is 0.738. The molecule has 0 aliphatic rings. The number of halogens is 1. The van der Waals surface area contributed by atoms with Crippen molar-refractivity contribution in [3.63, 3.8) is 0 Å². The number of aromatic nitrogens is 2. The molecule has 0 saturated heterocycles. The highest BCUT2D eigenvalue weighted by Crippen LogP contribution is 2.17. The van der Waals surface area contributed by atoms with Crippen molar-refractivity contribution in [1.82, 2.24) is 9.97 Å². The number of para-hydroxylation sites is 1. The second-order valence-electron chi connectivity index (χ2n) is 5.48. The van der Waals surface area contributed by atoms with Crippen LogP contribution in [-0.2, 0) is 0 Å². The summed E-state index contributed by atoms with van der Waals surface area (Å²) in [5, 5.41) is 5.66. The highest BCUT2D eigenvalue weighted by molar-refractivity contribution is 6.03. The first kappa shape index (κ1) is 16.6. The predicted octanol–water partition coefficient (Wildman–Crippen LogP) is 4.04. The van der Waals surface area contributed by atoms with Crippen LogP contribution < -0.4 is 10.6 Å². The Morgan fingerprint density at radius 2 is 1.76 bits per heavy atom. The van der Waals surface area contributed by atoms with Crippen LogP contribution >= 0.6 is 0 Å². The van der Waals surface area contributed by atoms with E-state index in [4.69, 9.17) is 0 Å². The second-order valence-corrected chi connectivity index (χ2v) is 5.48. The number of anilines is 2. The minimum absolute atomic E-state index is 0.0221. The van der Waals surface area contributed by atoms with Crippen molar-refractivity contribution in [3.05, 3.63) is 83.9 Å². The van der Waals surface area contributed by atoms with Gasteiger partial charge in [0, 0.05) is 6.20 Å². The molecule has 0 saturated carbocycles. The molecular formula is C19H17FN4O. The van der Waals surface area contributed by atoms with E-state index in [9.17, 15) is 9.18 Å². The highest BCUT2D eigenvalue weighted by atomic mass is 19.1. The van der Waals surface area contributed by atoms with Crippen molar-refractivity contribution >= 4 is 17.5 Å². The molecule has 1 amide bonds. The van der Waals surface area contributed by atoms with Gasteiger partial charge in [-0.15, -0.1) is 0 Å². The lowest BCUT2D eigenvalue weighted by molar-refractivity contribution is 0.102. The lowest BCUT2D eigenvalue weighted by Crippen LogP contribution is -2.17. The van der Waals surface area contributed by atoms with Gasteiger partial charge < -0.3 is 10.6 Å². The fraction of sp³-hybridized carbons (Fsp3) is 0.105. The van der Waals surface area contributed by atoms with Crippen molar-refractivity contribution in [2.45, 2.75) is 13.0 Å². The minimum Gasteiger partial charge on any atom is -0.348 e. The topological polar surface area (TPSA) is 66.9 Å². The van der Waals surface area contributed by atoms with E-state index in [0.717, 1.165) is 5.56 Å². The van der Waals surface area contributed by atoms with E-state index >= 15 is 0 Å². The molecule has 2 aromatic carbocycles. The van der Waals surface area contributed by atoms with Crippen LogP contribution in [0, 0.1) is 5.82 Å². The Morgan fingerprint density at radius 1 is 1.04 bits per heavy atom. The number of benzene rings is 2. The largest absolute Gasteiger partial charge is 0.348 e. The number of hydrogen-bond donors (Lipinski definition) is 2. The summed E-state index contributed by atoms with van der Waals surface area (Å²) in [6.45, 7) is 1.98. The zero-order chi connectivity index (χ0) is 17.6. The van der Waals surface area contributed by atoms with E-state index in [1.165, 1.54) is 24.4 Å². The number of carbonyl (C=O) groups excluding carboxylic acids is 1. The molecule has 1 heterocycles. The van der Waals surface area contributed by atoms with Crippen LogP contribution in [-0.4, -0.2) is 15.9 Å². The number of hydrogen-bond acceptors (Lipinski definition) is 4. The third-order valence-corrected chi connectivity index (χ3v) is 3.66. The number of rotatable bonds is 5. The molecule has 0 bridgehead atoms. The summed E-state index contributed by atoms with van der Waals surface area (Å²) in [7, 11) is 0. The molecule has 0 aliphatic carbocycles. The summed E-state index contributed by atoms with van der Waals surface area (Å²) in [5.41, 5.74) is 1.34. The van der Waals surface area contributed by atoms with Gasteiger partial charge in [-0.2, -0.15) is 0 Å². The van der Waals surface area contributed by atoms with E-state index in [-0.39, 0.29) is 17.4 Å². The van der Waals surface area contributed by atoms with Crippen LogP contribution in [0.3, 0.4) is 0 Å². The molecule has 2 N–H and O–H groups in total. The van der Waals surface area contributed by atoms with Gasteiger partial charge in [0.2, 0.25) is 5.95 Å². The normalized spacial score (nSPS) is 11.6. The molecule has 3 aromatic rings. The molecule has 0 radical (unpaired) electrons. The molecule has 3 rings (SSSR count). The van der Waals surface area contributed by atoms with E-state index in [2.05, 4.69) is 20.6 Å². The van der Waals surface area contributed by atoms with E-state index < -0.39 is 11.7 Å². The van der Waals surface area contributed by atoms with Crippen molar-refractivity contribution in [2.24, 2.45) is 0 Å². The van der Waals surface area contributed by atoms with Crippen molar-refractivity contribution in [2.75, 3.05) is 10.6 Å². The molecule has 1 atom stereocenters. The molecule has 5 nitrogen and oxygen atoms in total. The monoisotopic (exact) mass is 336 g/mol. The van der Waals surface area contributed by atoms with Gasteiger partial charge in [-0.1, -0.05) is 42.5 Å². The van der Waals surface area contributed by atoms with Gasteiger partial charge in [0.1, 0.15) is 11.5 Å². The van der Waals surface area contributed by atoms with Gasteiger partial charge >= 0.3 is 0 Å². The summed E-state index contributed by atoms with van der Waals surface area (Å²) in [6.07, 6.45) is 1.49. The molecule has 126 valence electrons. The highest BCUT2D eigenvalue weighted by Gasteiger charge is 2.13. The summed E-state index contributed by atoms with van der Waals surface area (Å²) in [6, 6.07) is 17.3. The molecule has 0 spiro atoms. The Bertz CT molecular complexity index is 870. The smallest absolute Gasteiger partial charge is 0.274 e. The summed E-state index contributed by atoms with van der Waals surface area (Å²) < 4.78 is 13.6. The third-order valence-electron chi connectivity index (χ3n) is 3.66. The maximum absolute atomic E-state index is 13.6. The average Bonchev–Trinajstić information content (AvgIpc) is 2.64. The van der Waals surface area contributed by atoms with Crippen LogP contribution in [0.4, 0.5) is 16.0 Å². The first-order valence-electron chi connectivity index (χ1n) is 7.84. The Hall–Kier alpha value is -3.28. The molecule has 6 heteroatoms. The van der Waals surface area contributed by atoms with Gasteiger partial charge in [0.15, 0.2) is 0 Å². The van der Waals surface area contributed by atoms with Crippen LogP contribution in [0.5, 0.6) is 0 Å². The lowest BCUT2D eigenvalue weighted by Gasteiger charge is -2.14. The van der Waals surface area contributed by atoms with Crippen LogP contribution in [0.2, 0.25) is 0 Å². The molecule has 0 aliphatic heterocycles. The Labute approximate surface area is 145 Å². The van der Waals surface area contributed by atoms with Crippen LogP contribution in [0.25, 0.3) is 0 Å².